The van der Waals surface area contributed by atoms with E-state index in [9.17, 15) is 4.79 Å². The van der Waals surface area contributed by atoms with Gasteiger partial charge in [0, 0.05) is 14.1 Å². The minimum atomic E-state index is -0.497. The lowest BCUT2D eigenvalue weighted by Crippen LogP contribution is -2.33. The van der Waals surface area contributed by atoms with Crippen LogP contribution in [0.2, 0.25) is 0 Å². The Kier molecular flexibility index (Phi) is 3.19. The van der Waals surface area contributed by atoms with E-state index in [2.05, 4.69) is 15.1 Å². The first-order valence-corrected chi connectivity index (χ1v) is 7.13. The van der Waals surface area contributed by atoms with Crippen molar-refractivity contribution in [3.63, 3.8) is 0 Å². The molecule has 0 saturated carbocycles. The zero-order valence-corrected chi connectivity index (χ0v) is 13.5. The standard InChI is InChI=1S/C14H20N6O2/c1-14(2,3)22-13(21)20-6-9-10(7-20)18(4)12(17-9)11-15-8-16-19(11)5/h8H,6-7H2,1-5H3. The molecule has 1 amide bonds. The Labute approximate surface area is 128 Å². The number of amides is 1. The van der Waals surface area contributed by atoms with Crippen LogP contribution < -0.4 is 0 Å². The number of aromatic nitrogens is 5. The third-order valence-corrected chi connectivity index (χ3v) is 3.54. The molecule has 8 heteroatoms. The zero-order valence-electron chi connectivity index (χ0n) is 13.5. The number of ether oxygens (including phenoxy) is 1. The van der Waals surface area contributed by atoms with Crippen LogP contribution in [0.1, 0.15) is 32.2 Å². The molecular weight excluding hydrogens is 284 g/mol. The summed E-state index contributed by atoms with van der Waals surface area (Å²) >= 11 is 0. The molecule has 0 N–H and O–H groups in total. The average molecular weight is 304 g/mol. The fraction of sp³-hybridized carbons (Fsp3) is 0.571. The minimum Gasteiger partial charge on any atom is -0.444 e. The number of rotatable bonds is 1. The maximum Gasteiger partial charge on any atom is 0.410 e. The van der Waals surface area contributed by atoms with Gasteiger partial charge in [-0.05, 0) is 20.8 Å². The molecule has 3 rings (SSSR count). The van der Waals surface area contributed by atoms with Crippen molar-refractivity contribution in [1.29, 1.82) is 0 Å². The van der Waals surface area contributed by atoms with E-state index in [-0.39, 0.29) is 6.09 Å². The van der Waals surface area contributed by atoms with Crippen molar-refractivity contribution in [1.82, 2.24) is 29.2 Å². The lowest BCUT2D eigenvalue weighted by atomic mass is 10.2. The highest BCUT2D eigenvalue weighted by molar-refractivity contribution is 5.69. The van der Waals surface area contributed by atoms with Gasteiger partial charge in [-0.3, -0.25) is 4.90 Å². The summed E-state index contributed by atoms with van der Waals surface area (Å²) in [4.78, 5) is 22.6. The first-order chi connectivity index (χ1) is 10.3. The molecule has 0 unspecified atom stereocenters. The van der Waals surface area contributed by atoms with Crippen molar-refractivity contribution in [3.05, 3.63) is 17.7 Å². The molecule has 0 aromatic carbocycles. The summed E-state index contributed by atoms with van der Waals surface area (Å²) in [5.74, 6) is 1.47. The van der Waals surface area contributed by atoms with E-state index in [1.165, 1.54) is 6.33 Å². The topological polar surface area (TPSA) is 78.1 Å². The summed E-state index contributed by atoms with van der Waals surface area (Å²) in [5, 5.41) is 4.07. The lowest BCUT2D eigenvalue weighted by Gasteiger charge is -2.24. The molecule has 0 fully saturated rings. The number of hydrogen-bond acceptors (Lipinski definition) is 5. The number of fused-ring (bicyclic) bond motifs is 1. The highest BCUT2D eigenvalue weighted by Gasteiger charge is 2.32. The second kappa shape index (κ2) is 4.82. The van der Waals surface area contributed by atoms with Crippen molar-refractivity contribution in [3.8, 4) is 11.6 Å². The van der Waals surface area contributed by atoms with Gasteiger partial charge in [-0.25, -0.2) is 19.4 Å². The molecule has 118 valence electrons. The molecule has 0 spiro atoms. The van der Waals surface area contributed by atoms with E-state index in [4.69, 9.17) is 4.74 Å². The number of aryl methyl sites for hydroxylation is 1. The Morgan fingerprint density at radius 3 is 2.50 bits per heavy atom. The van der Waals surface area contributed by atoms with Crippen LogP contribution in [0.25, 0.3) is 11.6 Å². The first kappa shape index (κ1) is 14.6. The van der Waals surface area contributed by atoms with E-state index in [1.807, 2.05) is 39.4 Å². The molecule has 2 aromatic heterocycles. The summed E-state index contributed by atoms with van der Waals surface area (Å²) in [7, 11) is 3.75. The second-order valence-corrected chi connectivity index (χ2v) is 6.43. The van der Waals surface area contributed by atoms with Crippen LogP contribution in [-0.2, 0) is 31.9 Å². The van der Waals surface area contributed by atoms with Crippen molar-refractivity contribution >= 4 is 6.09 Å². The van der Waals surface area contributed by atoms with Crippen molar-refractivity contribution < 1.29 is 9.53 Å². The van der Waals surface area contributed by atoms with Crippen LogP contribution in [0.4, 0.5) is 4.79 Å². The molecule has 0 aliphatic carbocycles. The fourth-order valence-electron chi connectivity index (χ4n) is 2.48. The smallest absolute Gasteiger partial charge is 0.410 e. The summed E-state index contributed by atoms with van der Waals surface area (Å²) in [6, 6.07) is 0. The maximum absolute atomic E-state index is 12.1. The van der Waals surface area contributed by atoms with Gasteiger partial charge in [0.1, 0.15) is 11.9 Å². The van der Waals surface area contributed by atoms with Gasteiger partial charge in [-0.2, -0.15) is 5.10 Å². The number of hydrogen-bond donors (Lipinski definition) is 0. The molecule has 1 aliphatic rings. The van der Waals surface area contributed by atoms with Crippen LogP contribution >= 0.6 is 0 Å². The average Bonchev–Trinajstić information content (AvgIpc) is 3.04. The third kappa shape index (κ3) is 2.44. The highest BCUT2D eigenvalue weighted by atomic mass is 16.6. The Morgan fingerprint density at radius 2 is 1.95 bits per heavy atom. The monoisotopic (exact) mass is 304 g/mol. The molecule has 2 aromatic rings. The number of nitrogens with zero attached hydrogens (tertiary/aromatic N) is 6. The summed E-state index contributed by atoms with van der Waals surface area (Å²) < 4.78 is 9.05. The van der Waals surface area contributed by atoms with E-state index in [0.717, 1.165) is 17.2 Å². The minimum absolute atomic E-state index is 0.314. The first-order valence-electron chi connectivity index (χ1n) is 7.13. The Morgan fingerprint density at radius 1 is 1.23 bits per heavy atom. The zero-order chi connectivity index (χ0) is 16.1. The molecule has 0 atom stereocenters. The van der Waals surface area contributed by atoms with Crippen LogP contribution in [0.5, 0.6) is 0 Å². The van der Waals surface area contributed by atoms with Crippen LogP contribution in [0, 0.1) is 0 Å². The van der Waals surface area contributed by atoms with Crippen LogP contribution in [-0.4, -0.2) is 40.9 Å². The maximum atomic E-state index is 12.1. The van der Waals surface area contributed by atoms with Crippen molar-refractivity contribution in [2.75, 3.05) is 0 Å². The number of carbonyl (C=O) groups excluding carboxylic acids is 1. The van der Waals surface area contributed by atoms with Gasteiger partial charge in [0.25, 0.3) is 0 Å². The van der Waals surface area contributed by atoms with Gasteiger partial charge in [0.15, 0.2) is 11.6 Å². The van der Waals surface area contributed by atoms with Gasteiger partial charge >= 0.3 is 6.09 Å². The molecule has 22 heavy (non-hydrogen) atoms. The summed E-state index contributed by atoms with van der Waals surface area (Å²) in [6.07, 6.45) is 1.19. The third-order valence-electron chi connectivity index (χ3n) is 3.54. The Hall–Kier alpha value is -2.38. The van der Waals surface area contributed by atoms with E-state index in [0.29, 0.717) is 18.9 Å². The van der Waals surface area contributed by atoms with Gasteiger partial charge < -0.3 is 9.30 Å². The van der Waals surface area contributed by atoms with Crippen LogP contribution in [0.3, 0.4) is 0 Å². The van der Waals surface area contributed by atoms with Crippen molar-refractivity contribution in [2.45, 2.75) is 39.5 Å². The quantitative estimate of drug-likeness (QED) is 0.797. The van der Waals surface area contributed by atoms with Crippen LogP contribution in [0.15, 0.2) is 6.33 Å². The molecule has 0 saturated heterocycles. The fourth-order valence-corrected chi connectivity index (χ4v) is 2.48. The van der Waals surface area contributed by atoms with Gasteiger partial charge in [-0.15, -0.1) is 0 Å². The largest absolute Gasteiger partial charge is 0.444 e. The highest BCUT2D eigenvalue weighted by Crippen LogP contribution is 2.27. The molecule has 0 bridgehead atoms. The lowest BCUT2D eigenvalue weighted by molar-refractivity contribution is 0.0238. The predicted octanol–water partition coefficient (Wildman–Crippen LogP) is 1.47. The normalized spacial score (nSPS) is 14.3. The van der Waals surface area contributed by atoms with E-state index < -0.39 is 5.60 Å². The number of imidazole rings is 1. The van der Waals surface area contributed by atoms with Crippen molar-refractivity contribution in [2.24, 2.45) is 14.1 Å². The van der Waals surface area contributed by atoms with Gasteiger partial charge in [-0.1, -0.05) is 0 Å². The molecule has 1 aliphatic heterocycles. The Balaban J connectivity index is 1.82. The molecule has 0 radical (unpaired) electrons. The van der Waals surface area contributed by atoms with Gasteiger partial charge in [0.2, 0.25) is 0 Å². The summed E-state index contributed by atoms with van der Waals surface area (Å²) in [5.41, 5.74) is 1.39. The van der Waals surface area contributed by atoms with Gasteiger partial charge in [0.05, 0.1) is 24.5 Å². The predicted molar refractivity (Wildman–Crippen MR) is 78.7 cm³/mol. The number of carbonyl (C=O) groups is 1. The second-order valence-electron chi connectivity index (χ2n) is 6.43. The van der Waals surface area contributed by atoms with E-state index in [1.54, 1.807) is 9.58 Å². The molecule has 8 nitrogen and oxygen atoms in total. The molecule has 3 heterocycles. The SMILES string of the molecule is Cn1ncnc1-c1nc2c(n1C)CN(C(=O)OC(C)(C)C)C2. The molecular formula is C14H20N6O2. The summed E-state index contributed by atoms with van der Waals surface area (Å²) in [6.45, 7) is 6.52. The van der Waals surface area contributed by atoms with E-state index >= 15 is 0 Å². The Bertz CT molecular complexity index is 724.